The largest absolute Gasteiger partial charge is 0.341 e. The number of benzene rings is 2. The van der Waals surface area contributed by atoms with Crippen molar-refractivity contribution >= 4 is 51.4 Å². The fourth-order valence-corrected chi connectivity index (χ4v) is 3.49. The molecule has 10 nitrogen and oxygen atoms in total. The lowest BCUT2D eigenvalue weighted by Crippen LogP contribution is -2.21. The number of aromatic nitrogens is 3. The molecule has 2 aromatic carbocycles. The maximum absolute atomic E-state index is 10.9. The predicted molar refractivity (Wildman–Crippen MR) is 123 cm³/mol. The van der Waals surface area contributed by atoms with E-state index in [-0.39, 0.29) is 5.69 Å². The van der Waals surface area contributed by atoms with Crippen molar-refractivity contribution in [1.29, 1.82) is 0 Å². The third-order valence-electron chi connectivity index (χ3n) is 4.57. The second-order valence-electron chi connectivity index (χ2n) is 6.83. The van der Waals surface area contributed by atoms with Gasteiger partial charge < -0.3 is 10.2 Å². The highest BCUT2D eigenvalue weighted by atomic mass is 79.9. The summed E-state index contributed by atoms with van der Waals surface area (Å²) in [6.07, 6.45) is 3.84. The molecule has 3 aromatic rings. The Balaban J connectivity index is 1.55. The molecule has 0 radical (unpaired) electrons. The van der Waals surface area contributed by atoms with E-state index in [0.717, 1.165) is 36.0 Å². The second kappa shape index (κ2) is 9.47. The Labute approximate surface area is 186 Å². The van der Waals surface area contributed by atoms with Crippen LogP contribution in [0.3, 0.4) is 0 Å². The topological polar surface area (TPSA) is 121 Å². The van der Waals surface area contributed by atoms with Gasteiger partial charge in [-0.1, -0.05) is 28.1 Å². The molecule has 4 rings (SSSR count). The van der Waals surface area contributed by atoms with Crippen molar-refractivity contribution < 1.29 is 4.92 Å². The van der Waals surface area contributed by atoms with Crippen LogP contribution in [-0.4, -0.2) is 39.2 Å². The summed E-state index contributed by atoms with van der Waals surface area (Å²) in [6.45, 7) is 1.75. The van der Waals surface area contributed by atoms with Gasteiger partial charge in [-0.2, -0.15) is 20.1 Å². The molecule has 0 unspecified atom stereocenters. The van der Waals surface area contributed by atoms with Gasteiger partial charge >= 0.3 is 0 Å². The first kappa shape index (κ1) is 20.7. The molecule has 0 saturated carbocycles. The van der Waals surface area contributed by atoms with Crippen LogP contribution in [0, 0.1) is 10.1 Å². The van der Waals surface area contributed by atoms with Crippen LogP contribution >= 0.6 is 15.9 Å². The summed E-state index contributed by atoms with van der Waals surface area (Å²) in [6, 6.07) is 13.8. The Bertz CT molecular complexity index is 1100. The number of anilines is 4. The zero-order valence-corrected chi connectivity index (χ0v) is 18.0. The Kier molecular flexibility index (Phi) is 6.32. The molecule has 1 fully saturated rings. The summed E-state index contributed by atoms with van der Waals surface area (Å²) in [4.78, 5) is 25.9. The monoisotopic (exact) mass is 482 g/mol. The Hall–Kier alpha value is -3.60. The van der Waals surface area contributed by atoms with Crippen molar-refractivity contribution in [3.8, 4) is 0 Å². The van der Waals surface area contributed by atoms with Gasteiger partial charge in [0.1, 0.15) is 0 Å². The lowest BCUT2D eigenvalue weighted by molar-refractivity contribution is -0.384. The average molecular weight is 483 g/mol. The molecule has 0 aliphatic carbocycles. The Morgan fingerprint density at radius 1 is 1.06 bits per heavy atom. The quantitative estimate of drug-likeness (QED) is 0.289. The summed E-state index contributed by atoms with van der Waals surface area (Å²) < 4.78 is 0.961. The molecule has 1 aliphatic heterocycles. The van der Waals surface area contributed by atoms with E-state index in [1.165, 1.54) is 12.1 Å². The molecule has 31 heavy (non-hydrogen) atoms. The van der Waals surface area contributed by atoms with E-state index in [0.29, 0.717) is 23.5 Å². The van der Waals surface area contributed by atoms with Gasteiger partial charge in [-0.3, -0.25) is 10.1 Å². The van der Waals surface area contributed by atoms with E-state index in [4.69, 9.17) is 0 Å². The average Bonchev–Trinajstić information content (AvgIpc) is 3.29. The van der Waals surface area contributed by atoms with E-state index in [9.17, 15) is 10.1 Å². The highest BCUT2D eigenvalue weighted by molar-refractivity contribution is 9.10. The van der Waals surface area contributed by atoms with Crippen molar-refractivity contribution in [3.63, 3.8) is 0 Å². The van der Waals surface area contributed by atoms with Crippen molar-refractivity contribution in [1.82, 2.24) is 15.0 Å². The summed E-state index contributed by atoms with van der Waals surface area (Å²) in [5, 5.41) is 18.2. The van der Waals surface area contributed by atoms with Crippen LogP contribution in [0.15, 0.2) is 58.1 Å². The second-order valence-corrected chi connectivity index (χ2v) is 7.75. The third kappa shape index (κ3) is 5.51. The lowest BCUT2D eigenvalue weighted by Gasteiger charge is -2.16. The fourth-order valence-electron chi connectivity index (χ4n) is 3.08. The van der Waals surface area contributed by atoms with Crippen LogP contribution in [-0.2, 0) is 0 Å². The molecule has 1 aromatic heterocycles. The van der Waals surface area contributed by atoms with E-state index < -0.39 is 4.92 Å². The van der Waals surface area contributed by atoms with Crippen LogP contribution in [0.1, 0.15) is 18.4 Å². The minimum atomic E-state index is -0.441. The molecule has 0 atom stereocenters. The summed E-state index contributed by atoms with van der Waals surface area (Å²) in [7, 11) is 0. The van der Waals surface area contributed by atoms with Gasteiger partial charge in [0, 0.05) is 35.4 Å². The molecular formula is C20H19BrN8O2. The van der Waals surface area contributed by atoms with Gasteiger partial charge in [0.2, 0.25) is 17.8 Å². The number of non-ortho nitro benzene ring substituents is 1. The number of hydrazone groups is 1. The molecule has 11 heteroatoms. The number of nitrogens with zero attached hydrogens (tertiary/aromatic N) is 6. The molecule has 1 saturated heterocycles. The van der Waals surface area contributed by atoms with Crippen LogP contribution in [0.5, 0.6) is 0 Å². The van der Waals surface area contributed by atoms with Crippen LogP contribution in [0.25, 0.3) is 0 Å². The molecule has 0 bridgehead atoms. The van der Waals surface area contributed by atoms with Crippen molar-refractivity contribution in [2.45, 2.75) is 12.8 Å². The predicted octanol–water partition coefficient (Wildman–Crippen LogP) is 4.33. The summed E-state index contributed by atoms with van der Waals surface area (Å²) >= 11 is 3.43. The fraction of sp³-hybridized carbons (Fsp3) is 0.200. The Morgan fingerprint density at radius 2 is 1.81 bits per heavy atom. The normalized spacial score (nSPS) is 13.5. The molecular weight excluding hydrogens is 464 g/mol. The SMILES string of the molecule is O=[N+]([O-])c1ccc(Nc2nc(N/N=C/c3cccc(Br)c3)nc(N3CCCC3)n2)cc1. The molecule has 1 aliphatic rings. The number of hydrogen-bond acceptors (Lipinski definition) is 9. The van der Waals surface area contributed by atoms with E-state index >= 15 is 0 Å². The maximum Gasteiger partial charge on any atom is 0.269 e. The molecule has 0 spiro atoms. The van der Waals surface area contributed by atoms with E-state index in [1.807, 2.05) is 24.3 Å². The van der Waals surface area contributed by atoms with Crippen LogP contribution < -0.4 is 15.6 Å². The third-order valence-corrected chi connectivity index (χ3v) is 5.07. The minimum Gasteiger partial charge on any atom is -0.341 e. The maximum atomic E-state index is 10.9. The summed E-state index contributed by atoms with van der Waals surface area (Å²) in [5.74, 6) is 1.18. The van der Waals surface area contributed by atoms with Crippen molar-refractivity contribution in [2.75, 3.05) is 28.7 Å². The van der Waals surface area contributed by atoms with Crippen LogP contribution in [0.4, 0.5) is 29.2 Å². The first-order valence-corrected chi connectivity index (χ1v) is 10.4. The van der Waals surface area contributed by atoms with Crippen LogP contribution in [0.2, 0.25) is 0 Å². The number of hydrogen-bond donors (Lipinski definition) is 2. The smallest absolute Gasteiger partial charge is 0.269 e. The lowest BCUT2D eigenvalue weighted by atomic mass is 10.2. The Morgan fingerprint density at radius 3 is 2.52 bits per heavy atom. The first-order valence-electron chi connectivity index (χ1n) is 9.64. The first-order chi connectivity index (χ1) is 15.1. The van der Waals surface area contributed by atoms with Crippen molar-refractivity contribution in [2.24, 2.45) is 5.10 Å². The number of nitro benzene ring substituents is 1. The summed E-state index contributed by atoms with van der Waals surface area (Å²) in [5.41, 5.74) is 4.43. The minimum absolute atomic E-state index is 0.0168. The standard InChI is InChI=1S/C20H19BrN8O2/c21-15-5-3-4-14(12-15)13-22-27-19-24-18(25-20(26-19)28-10-1-2-11-28)23-16-6-8-17(9-7-16)29(30)31/h3-9,12-13H,1-2,10-11H2,(H2,23,24,25,26,27)/b22-13+. The van der Waals surface area contributed by atoms with E-state index in [1.54, 1.807) is 18.3 Å². The molecule has 2 heterocycles. The van der Waals surface area contributed by atoms with Gasteiger partial charge in [0.25, 0.3) is 5.69 Å². The van der Waals surface area contributed by atoms with E-state index in [2.05, 4.69) is 51.6 Å². The zero-order valence-electron chi connectivity index (χ0n) is 16.4. The highest BCUT2D eigenvalue weighted by Gasteiger charge is 2.17. The van der Waals surface area contributed by atoms with Gasteiger partial charge in [-0.15, -0.1) is 0 Å². The molecule has 158 valence electrons. The number of rotatable bonds is 7. The van der Waals surface area contributed by atoms with Gasteiger partial charge in [-0.05, 0) is 42.7 Å². The van der Waals surface area contributed by atoms with Crippen molar-refractivity contribution in [3.05, 3.63) is 68.7 Å². The molecule has 0 amide bonds. The number of nitrogens with one attached hydrogen (secondary N) is 2. The van der Waals surface area contributed by atoms with Gasteiger partial charge in [0.15, 0.2) is 0 Å². The van der Waals surface area contributed by atoms with Gasteiger partial charge in [-0.25, -0.2) is 5.43 Å². The van der Waals surface area contributed by atoms with Gasteiger partial charge in [0.05, 0.1) is 11.1 Å². The zero-order chi connectivity index (χ0) is 21.6. The highest BCUT2D eigenvalue weighted by Crippen LogP contribution is 2.22. The number of halogens is 1. The number of nitro groups is 1. The molecule has 2 N–H and O–H groups in total.